The van der Waals surface area contributed by atoms with Crippen molar-refractivity contribution in [3.8, 4) is 6.01 Å². The first-order chi connectivity index (χ1) is 16.7. The maximum absolute atomic E-state index is 5.82. The van der Waals surface area contributed by atoms with Crippen molar-refractivity contribution in [2.75, 3.05) is 50.5 Å². The normalized spacial score (nSPS) is 14.3. The average molecular weight is 512 g/mol. The van der Waals surface area contributed by atoms with Gasteiger partial charge in [-0.1, -0.05) is 83.4 Å². The number of hydrogen-bond donors (Lipinski definition) is 1. The van der Waals surface area contributed by atoms with E-state index in [9.17, 15) is 0 Å². The standard InChI is InChI=1S/C25H45N5O2S2/c1-3-5-7-8-9-10-11-13-21-34-25-28-23(26-15-16-30-17-19-31-20-18-30)27-24(29-25)32-22(33)14-12-6-4-2/h3-21H2,1-2H3,(H,26,27,28,29). The van der Waals surface area contributed by atoms with Crippen LogP contribution in [-0.4, -0.2) is 70.0 Å². The Bertz CT molecular complexity index is 675. The highest BCUT2D eigenvalue weighted by molar-refractivity contribution is 7.99. The monoisotopic (exact) mass is 511 g/mol. The lowest BCUT2D eigenvalue weighted by Gasteiger charge is -2.26. The maximum Gasteiger partial charge on any atom is 0.328 e. The second-order valence-corrected chi connectivity index (χ2v) is 10.4. The minimum atomic E-state index is 0.309. The van der Waals surface area contributed by atoms with Crippen LogP contribution >= 0.6 is 24.0 Å². The summed E-state index contributed by atoms with van der Waals surface area (Å²) in [5.41, 5.74) is 0. The second-order valence-electron chi connectivity index (χ2n) is 8.86. The van der Waals surface area contributed by atoms with Crippen LogP contribution in [0.4, 0.5) is 5.95 Å². The van der Waals surface area contributed by atoms with E-state index >= 15 is 0 Å². The first-order valence-corrected chi connectivity index (χ1v) is 14.7. The zero-order valence-electron chi connectivity index (χ0n) is 21.4. The Balaban J connectivity index is 1.81. The van der Waals surface area contributed by atoms with Gasteiger partial charge in [-0.15, -0.1) is 0 Å². The van der Waals surface area contributed by atoms with Crippen molar-refractivity contribution in [3.05, 3.63) is 0 Å². The molecule has 1 fully saturated rings. The van der Waals surface area contributed by atoms with Gasteiger partial charge in [-0.3, -0.25) is 4.90 Å². The number of nitrogens with zero attached hydrogens (tertiary/aromatic N) is 4. The quantitative estimate of drug-likeness (QED) is 0.134. The molecule has 0 atom stereocenters. The van der Waals surface area contributed by atoms with E-state index in [2.05, 4.69) is 39.0 Å². The third-order valence-corrected chi connectivity index (χ3v) is 7.05. The van der Waals surface area contributed by atoms with Crippen molar-refractivity contribution in [3.63, 3.8) is 0 Å². The lowest BCUT2D eigenvalue weighted by molar-refractivity contribution is 0.0398. The number of anilines is 1. The molecule has 0 spiro atoms. The van der Waals surface area contributed by atoms with E-state index in [1.807, 2.05) is 0 Å². The number of rotatable bonds is 19. The second kappa shape index (κ2) is 19.2. The number of ether oxygens (including phenoxy) is 2. The molecule has 0 aromatic carbocycles. The molecule has 0 saturated carbocycles. The van der Waals surface area contributed by atoms with Crippen molar-refractivity contribution in [2.24, 2.45) is 0 Å². The van der Waals surface area contributed by atoms with Gasteiger partial charge in [-0.2, -0.15) is 15.0 Å². The molecule has 0 bridgehead atoms. The molecule has 0 aliphatic carbocycles. The number of hydrogen-bond acceptors (Lipinski definition) is 9. The highest BCUT2D eigenvalue weighted by Crippen LogP contribution is 2.20. The fourth-order valence-electron chi connectivity index (χ4n) is 3.75. The summed E-state index contributed by atoms with van der Waals surface area (Å²) in [5.74, 6) is 1.57. The van der Waals surface area contributed by atoms with E-state index in [1.54, 1.807) is 11.8 Å². The van der Waals surface area contributed by atoms with E-state index in [-0.39, 0.29) is 0 Å². The van der Waals surface area contributed by atoms with Crippen LogP contribution in [-0.2, 0) is 4.74 Å². The van der Waals surface area contributed by atoms with Crippen LogP contribution in [0.15, 0.2) is 5.16 Å². The van der Waals surface area contributed by atoms with Crippen LogP contribution in [0.25, 0.3) is 0 Å². The Morgan fingerprint density at radius 2 is 1.62 bits per heavy atom. The zero-order valence-corrected chi connectivity index (χ0v) is 23.0. The predicted molar refractivity (Wildman–Crippen MR) is 146 cm³/mol. The number of morpholine rings is 1. The number of aromatic nitrogens is 3. The van der Waals surface area contributed by atoms with Crippen molar-refractivity contribution in [1.82, 2.24) is 19.9 Å². The van der Waals surface area contributed by atoms with Gasteiger partial charge in [-0.25, -0.2) is 0 Å². The van der Waals surface area contributed by atoms with Gasteiger partial charge >= 0.3 is 6.01 Å². The average Bonchev–Trinajstić information content (AvgIpc) is 2.84. The first-order valence-electron chi connectivity index (χ1n) is 13.3. The molecule has 1 N–H and O–H groups in total. The van der Waals surface area contributed by atoms with Crippen molar-refractivity contribution < 1.29 is 9.47 Å². The van der Waals surface area contributed by atoms with Crippen LogP contribution in [0.1, 0.15) is 90.9 Å². The molecule has 0 unspecified atom stereocenters. The molecule has 1 saturated heterocycles. The number of thioether (sulfide) groups is 1. The molecule has 2 heterocycles. The summed E-state index contributed by atoms with van der Waals surface area (Å²) in [6.07, 6.45) is 14.6. The van der Waals surface area contributed by atoms with Gasteiger partial charge in [-0.05, 0) is 25.1 Å². The highest BCUT2D eigenvalue weighted by Gasteiger charge is 2.13. The van der Waals surface area contributed by atoms with Crippen molar-refractivity contribution in [2.45, 2.75) is 96.1 Å². The van der Waals surface area contributed by atoms with Gasteiger partial charge in [0.25, 0.3) is 0 Å². The number of unbranched alkanes of at least 4 members (excludes halogenated alkanes) is 9. The summed E-state index contributed by atoms with van der Waals surface area (Å²) >= 11 is 7.09. The zero-order chi connectivity index (χ0) is 24.3. The molecule has 2 rings (SSSR count). The van der Waals surface area contributed by atoms with Gasteiger partial charge in [0, 0.05) is 38.4 Å². The predicted octanol–water partition coefficient (Wildman–Crippen LogP) is 6.14. The third-order valence-electron chi connectivity index (χ3n) is 5.83. The molecule has 194 valence electrons. The number of thiocarbonyl (C=S) groups is 1. The minimum absolute atomic E-state index is 0.309. The van der Waals surface area contributed by atoms with E-state index < -0.39 is 0 Å². The van der Waals surface area contributed by atoms with Gasteiger partial charge in [0.1, 0.15) is 0 Å². The Labute approximate surface area is 216 Å². The summed E-state index contributed by atoms with van der Waals surface area (Å²) < 4.78 is 11.2. The minimum Gasteiger partial charge on any atom is -0.417 e. The van der Waals surface area contributed by atoms with Crippen LogP contribution in [0.2, 0.25) is 0 Å². The van der Waals surface area contributed by atoms with Gasteiger partial charge in [0.2, 0.25) is 5.95 Å². The highest BCUT2D eigenvalue weighted by atomic mass is 32.2. The summed E-state index contributed by atoms with van der Waals surface area (Å²) in [6, 6.07) is 0.309. The summed E-state index contributed by atoms with van der Waals surface area (Å²) in [7, 11) is 0. The molecule has 7 nitrogen and oxygen atoms in total. The van der Waals surface area contributed by atoms with Crippen LogP contribution in [0, 0.1) is 0 Å². The van der Waals surface area contributed by atoms with Gasteiger partial charge < -0.3 is 14.8 Å². The molecule has 34 heavy (non-hydrogen) atoms. The van der Waals surface area contributed by atoms with Crippen molar-refractivity contribution in [1.29, 1.82) is 0 Å². The van der Waals surface area contributed by atoms with Crippen molar-refractivity contribution >= 4 is 35.0 Å². The lowest BCUT2D eigenvalue weighted by atomic mass is 10.1. The molecule has 1 aliphatic heterocycles. The Hall–Kier alpha value is -1.03. The molecular formula is C25H45N5O2S2. The summed E-state index contributed by atoms with van der Waals surface area (Å²) in [4.78, 5) is 16.0. The first kappa shape index (κ1) is 29.2. The SMILES string of the molecule is CCCCCCCCCCSc1nc(NCCN2CCOCC2)nc(OC(=S)CCCCC)n1. The fourth-order valence-corrected chi connectivity index (χ4v) is 4.79. The Kier molecular flexibility index (Phi) is 16.5. The summed E-state index contributed by atoms with van der Waals surface area (Å²) in [5, 5.41) is 4.61. The molecule has 9 heteroatoms. The van der Waals surface area contributed by atoms with Gasteiger partial charge in [0.05, 0.1) is 13.2 Å². The molecular weight excluding hydrogens is 466 g/mol. The Morgan fingerprint density at radius 1 is 0.941 bits per heavy atom. The van der Waals surface area contributed by atoms with E-state index in [0.717, 1.165) is 70.8 Å². The third kappa shape index (κ3) is 13.8. The molecule has 0 radical (unpaired) electrons. The molecule has 0 amide bonds. The maximum atomic E-state index is 5.82. The smallest absolute Gasteiger partial charge is 0.328 e. The van der Waals surface area contributed by atoms with Gasteiger partial charge in [0.15, 0.2) is 10.2 Å². The fraction of sp³-hybridized carbons (Fsp3) is 0.840. The molecule has 1 aromatic rings. The van der Waals surface area contributed by atoms with E-state index in [0.29, 0.717) is 22.2 Å². The van der Waals surface area contributed by atoms with Crippen LogP contribution < -0.4 is 10.1 Å². The summed E-state index contributed by atoms with van der Waals surface area (Å²) in [6.45, 7) is 9.70. The van der Waals surface area contributed by atoms with E-state index in [4.69, 9.17) is 21.7 Å². The molecule has 1 aliphatic rings. The Morgan fingerprint density at radius 3 is 2.35 bits per heavy atom. The van der Waals surface area contributed by atoms with Crippen LogP contribution in [0.3, 0.4) is 0 Å². The van der Waals surface area contributed by atoms with E-state index in [1.165, 1.54) is 51.4 Å². The van der Waals surface area contributed by atoms with Crippen LogP contribution in [0.5, 0.6) is 6.01 Å². The topological polar surface area (TPSA) is 72.4 Å². The molecule has 1 aromatic heterocycles. The largest absolute Gasteiger partial charge is 0.417 e. The lowest BCUT2D eigenvalue weighted by Crippen LogP contribution is -2.39. The number of nitrogens with one attached hydrogen (secondary N) is 1.